The van der Waals surface area contributed by atoms with Gasteiger partial charge in [0.2, 0.25) is 0 Å². The van der Waals surface area contributed by atoms with Gasteiger partial charge in [0, 0.05) is 36.5 Å². The molecule has 162 valence electrons. The van der Waals surface area contributed by atoms with E-state index in [0.29, 0.717) is 6.54 Å². The minimum absolute atomic E-state index is 0. The highest BCUT2D eigenvalue weighted by atomic mass is 35.5. The van der Waals surface area contributed by atoms with E-state index in [-0.39, 0.29) is 18.4 Å². The second kappa shape index (κ2) is 10.7. The molecule has 4 nitrogen and oxygen atoms in total. The van der Waals surface area contributed by atoms with Crippen molar-refractivity contribution >= 4 is 41.6 Å². The Kier molecular flexibility index (Phi) is 8.02. The summed E-state index contributed by atoms with van der Waals surface area (Å²) in [6.07, 6.45) is 1.01. The van der Waals surface area contributed by atoms with Crippen LogP contribution < -0.4 is 4.90 Å². The zero-order valence-corrected chi connectivity index (χ0v) is 19.5. The van der Waals surface area contributed by atoms with Crippen LogP contribution in [0.3, 0.4) is 0 Å². The van der Waals surface area contributed by atoms with Crippen LogP contribution in [0.5, 0.6) is 0 Å². The molecule has 0 radical (unpaired) electrons. The average molecular weight is 454 g/mol. The number of benzene rings is 3. The number of carbonyl (C=O) groups excluding carboxylic acids is 1. The normalized spacial score (nSPS) is 12.0. The Morgan fingerprint density at radius 1 is 0.774 bits per heavy atom. The molecule has 0 unspecified atom stereocenters. The van der Waals surface area contributed by atoms with Gasteiger partial charge in [0.05, 0.1) is 11.4 Å². The van der Waals surface area contributed by atoms with Crippen LogP contribution in [0.4, 0.5) is 16.2 Å². The van der Waals surface area contributed by atoms with E-state index in [9.17, 15) is 4.79 Å². The Hall–Kier alpha value is -2.47. The number of rotatable bonds is 6. The van der Waals surface area contributed by atoms with Gasteiger partial charge in [-0.2, -0.15) is 0 Å². The molecule has 0 atom stereocenters. The predicted octanol–water partition coefficient (Wildman–Crippen LogP) is 5.94. The minimum Gasteiger partial charge on any atom is -0.326 e. The predicted molar refractivity (Wildman–Crippen MR) is 132 cm³/mol. The molecular formula is C25H28ClN3OS. The highest BCUT2D eigenvalue weighted by Gasteiger charge is 2.29. The van der Waals surface area contributed by atoms with Gasteiger partial charge < -0.3 is 9.80 Å². The molecule has 2 amide bonds. The number of fused-ring (bicyclic) bond motifs is 2. The van der Waals surface area contributed by atoms with Crippen LogP contribution in [-0.4, -0.2) is 49.6 Å². The maximum atomic E-state index is 13.4. The number of para-hydroxylation sites is 2. The van der Waals surface area contributed by atoms with E-state index in [2.05, 4.69) is 48.3 Å². The van der Waals surface area contributed by atoms with E-state index in [1.807, 2.05) is 59.3 Å². The van der Waals surface area contributed by atoms with Gasteiger partial charge in [0.1, 0.15) is 0 Å². The summed E-state index contributed by atoms with van der Waals surface area (Å²) >= 11 is 1.72. The van der Waals surface area contributed by atoms with Crippen molar-refractivity contribution in [2.75, 3.05) is 38.6 Å². The van der Waals surface area contributed by atoms with E-state index >= 15 is 0 Å². The first-order valence-corrected chi connectivity index (χ1v) is 11.1. The lowest BCUT2D eigenvalue weighted by atomic mass is 10.1. The van der Waals surface area contributed by atoms with Crippen LogP contribution >= 0.6 is 24.2 Å². The number of likely N-dealkylation sites (N-methyl/N-ethyl adjacent to an activating group) is 2. The maximum absolute atomic E-state index is 13.4. The molecule has 1 heterocycles. The molecule has 0 saturated carbocycles. The molecule has 0 aromatic heterocycles. The minimum atomic E-state index is 0. The summed E-state index contributed by atoms with van der Waals surface area (Å²) in [5, 5.41) is 0. The van der Waals surface area contributed by atoms with Crippen molar-refractivity contribution in [3.05, 3.63) is 84.4 Å². The topological polar surface area (TPSA) is 26.8 Å². The molecule has 3 aromatic carbocycles. The van der Waals surface area contributed by atoms with Gasteiger partial charge in [-0.05, 0) is 43.3 Å². The Morgan fingerprint density at radius 2 is 1.32 bits per heavy atom. The summed E-state index contributed by atoms with van der Waals surface area (Å²) in [6.45, 7) is 2.48. The number of halogens is 1. The first-order valence-electron chi connectivity index (χ1n) is 10.3. The van der Waals surface area contributed by atoms with Gasteiger partial charge in [0.15, 0.2) is 0 Å². The van der Waals surface area contributed by atoms with Crippen molar-refractivity contribution < 1.29 is 4.79 Å². The second-order valence-corrected chi connectivity index (χ2v) is 8.70. The van der Waals surface area contributed by atoms with Crippen molar-refractivity contribution in [3.8, 4) is 0 Å². The summed E-state index contributed by atoms with van der Waals surface area (Å²) in [5.74, 6) is 0. The fourth-order valence-corrected chi connectivity index (χ4v) is 4.63. The third-order valence-electron chi connectivity index (χ3n) is 5.39. The average Bonchev–Trinajstić information content (AvgIpc) is 2.79. The molecule has 0 saturated heterocycles. The van der Waals surface area contributed by atoms with Crippen LogP contribution in [-0.2, 0) is 6.42 Å². The molecule has 0 bridgehead atoms. The van der Waals surface area contributed by atoms with Gasteiger partial charge in [-0.1, -0.05) is 66.4 Å². The molecule has 0 N–H and O–H groups in total. The number of nitrogens with zero attached hydrogens (tertiary/aromatic N) is 3. The number of urea groups is 1. The lowest BCUT2D eigenvalue weighted by Gasteiger charge is -2.34. The van der Waals surface area contributed by atoms with Gasteiger partial charge in [0.25, 0.3) is 0 Å². The van der Waals surface area contributed by atoms with Crippen LogP contribution in [0.25, 0.3) is 0 Å². The molecule has 6 heteroatoms. The van der Waals surface area contributed by atoms with E-state index < -0.39 is 0 Å². The molecule has 1 aliphatic heterocycles. The number of hydrogen-bond donors (Lipinski definition) is 0. The highest BCUT2D eigenvalue weighted by molar-refractivity contribution is 7.99. The van der Waals surface area contributed by atoms with E-state index in [1.165, 1.54) is 5.56 Å². The van der Waals surface area contributed by atoms with Crippen LogP contribution in [0.15, 0.2) is 88.7 Å². The van der Waals surface area contributed by atoms with Crippen molar-refractivity contribution in [2.45, 2.75) is 16.2 Å². The number of carbonyl (C=O) groups is 1. The molecule has 0 fully saturated rings. The number of hydrogen-bond acceptors (Lipinski definition) is 3. The summed E-state index contributed by atoms with van der Waals surface area (Å²) in [7, 11) is 4.00. The van der Waals surface area contributed by atoms with Gasteiger partial charge in [-0.25, -0.2) is 4.79 Å². The maximum Gasteiger partial charge on any atom is 0.328 e. The van der Waals surface area contributed by atoms with Crippen LogP contribution in [0.2, 0.25) is 0 Å². The van der Waals surface area contributed by atoms with Gasteiger partial charge in [-0.3, -0.25) is 4.90 Å². The monoisotopic (exact) mass is 453 g/mol. The van der Waals surface area contributed by atoms with Gasteiger partial charge in [-0.15, -0.1) is 12.4 Å². The number of anilines is 2. The van der Waals surface area contributed by atoms with E-state index in [4.69, 9.17) is 0 Å². The molecular weight excluding hydrogens is 426 g/mol. The highest BCUT2D eigenvalue weighted by Crippen LogP contribution is 2.48. The summed E-state index contributed by atoms with van der Waals surface area (Å²) < 4.78 is 0. The largest absolute Gasteiger partial charge is 0.328 e. The zero-order valence-electron chi connectivity index (χ0n) is 17.9. The van der Waals surface area contributed by atoms with Crippen LogP contribution in [0.1, 0.15) is 5.56 Å². The first-order chi connectivity index (χ1) is 14.6. The summed E-state index contributed by atoms with van der Waals surface area (Å²) in [4.78, 5) is 21.6. The summed E-state index contributed by atoms with van der Waals surface area (Å²) in [5.41, 5.74) is 3.25. The Labute approximate surface area is 195 Å². The lowest BCUT2D eigenvalue weighted by Crippen LogP contribution is -2.42. The quantitative estimate of drug-likeness (QED) is 0.462. The standard InChI is InChI=1S/C25H27N3OS.ClH/c1-26(17-16-20-10-4-3-5-11-20)18-19-27(2)25(29)28-21-12-6-8-14-23(21)30-24-15-9-7-13-22(24)28;/h3-15H,16-19H2,1-2H3;1H. The van der Waals surface area contributed by atoms with Crippen molar-refractivity contribution in [2.24, 2.45) is 0 Å². The molecule has 1 aliphatic rings. The third kappa shape index (κ3) is 5.42. The fraction of sp³-hybridized carbons (Fsp3) is 0.240. The molecule has 4 rings (SSSR count). The van der Waals surface area contributed by atoms with Crippen LogP contribution in [0, 0.1) is 0 Å². The van der Waals surface area contributed by atoms with Gasteiger partial charge >= 0.3 is 6.03 Å². The second-order valence-electron chi connectivity index (χ2n) is 7.62. The molecule has 0 aliphatic carbocycles. The Balaban J connectivity index is 0.00000272. The lowest BCUT2D eigenvalue weighted by molar-refractivity contribution is 0.209. The summed E-state index contributed by atoms with van der Waals surface area (Å²) in [6, 6.07) is 26.8. The Morgan fingerprint density at radius 3 is 1.94 bits per heavy atom. The van der Waals surface area contributed by atoms with Crippen molar-refractivity contribution in [1.82, 2.24) is 9.80 Å². The van der Waals surface area contributed by atoms with Crippen molar-refractivity contribution in [3.63, 3.8) is 0 Å². The fourth-order valence-electron chi connectivity index (χ4n) is 3.57. The van der Waals surface area contributed by atoms with E-state index in [0.717, 1.165) is 40.7 Å². The van der Waals surface area contributed by atoms with Crippen molar-refractivity contribution in [1.29, 1.82) is 0 Å². The SMILES string of the molecule is CN(CCc1ccccc1)CCN(C)C(=O)N1c2ccccc2Sc2ccccc21.Cl. The molecule has 3 aromatic rings. The first kappa shape index (κ1) is 23.2. The molecule has 31 heavy (non-hydrogen) atoms. The Bertz CT molecular complexity index is 969. The smallest absolute Gasteiger partial charge is 0.326 e. The third-order valence-corrected chi connectivity index (χ3v) is 6.52. The number of amides is 2. The zero-order chi connectivity index (χ0) is 20.9. The molecule has 0 spiro atoms. The van der Waals surface area contributed by atoms with E-state index in [1.54, 1.807) is 11.8 Å².